The summed E-state index contributed by atoms with van der Waals surface area (Å²) < 4.78 is 17.2. The second-order valence-electron chi connectivity index (χ2n) is 11.7. The van der Waals surface area contributed by atoms with Crippen molar-refractivity contribution in [3.05, 3.63) is 11.3 Å². The second kappa shape index (κ2) is 9.34. The molecule has 0 heterocycles. The lowest BCUT2D eigenvalue weighted by Gasteiger charge is -2.37. The number of alkyl carbamates (subject to hydrolysis) is 1. The minimum Gasteiger partial charge on any atom is -0.541 e. The van der Waals surface area contributed by atoms with Crippen LogP contribution in [0.5, 0.6) is 0 Å². The third-order valence-corrected chi connectivity index (χ3v) is 9.55. The molecule has 1 rings (SSSR count). The number of carbonyl (C=O) groups excluding carboxylic acids is 3. The van der Waals surface area contributed by atoms with Crippen molar-refractivity contribution >= 4 is 26.2 Å². The molecular weight excluding hydrogens is 414 g/mol. The summed E-state index contributed by atoms with van der Waals surface area (Å²) in [4.78, 5) is 37.8. The van der Waals surface area contributed by atoms with Crippen LogP contribution >= 0.6 is 0 Å². The van der Waals surface area contributed by atoms with E-state index in [0.717, 1.165) is 5.57 Å². The molecule has 7 nitrogen and oxygen atoms in total. The Morgan fingerprint density at radius 1 is 0.935 bits per heavy atom. The van der Waals surface area contributed by atoms with Crippen LogP contribution in [-0.4, -0.2) is 43.4 Å². The molecule has 0 fully saturated rings. The van der Waals surface area contributed by atoms with Gasteiger partial charge in [-0.3, -0.25) is 4.79 Å². The van der Waals surface area contributed by atoms with Gasteiger partial charge in [0.25, 0.3) is 8.32 Å². The van der Waals surface area contributed by atoms with Gasteiger partial charge < -0.3 is 19.2 Å². The van der Waals surface area contributed by atoms with Crippen LogP contribution in [-0.2, 0) is 23.5 Å². The summed E-state index contributed by atoms with van der Waals surface area (Å²) in [7, 11) is -2.24. The molecule has 1 N–H and O–H groups in total. The zero-order valence-electron chi connectivity index (χ0n) is 21.1. The molecule has 0 saturated heterocycles. The smallest absolute Gasteiger partial charge is 0.408 e. The van der Waals surface area contributed by atoms with Crippen molar-refractivity contribution in [3.8, 4) is 0 Å². The van der Waals surface area contributed by atoms with E-state index < -0.39 is 37.6 Å². The molecule has 8 heteroatoms. The van der Waals surface area contributed by atoms with Crippen molar-refractivity contribution in [2.24, 2.45) is 0 Å². The van der Waals surface area contributed by atoms with E-state index in [2.05, 4.69) is 39.2 Å². The Labute approximate surface area is 188 Å². The summed E-state index contributed by atoms with van der Waals surface area (Å²) in [5.41, 5.74) is -0.686. The lowest BCUT2D eigenvalue weighted by atomic mass is 10.0. The second-order valence-corrected chi connectivity index (χ2v) is 16.4. The summed E-state index contributed by atoms with van der Waals surface area (Å²) in [5, 5.41) is 2.55. The van der Waals surface area contributed by atoms with Crippen molar-refractivity contribution < 1.29 is 28.3 Å². The highest BCUT2D eigenvalue weighted by molar-refractivity contribution is 6.74. The molecule has 1 aliphatic carbocycles. The van der Waals surface area contributed by atoms with Gasteiger partial charge in [-0.15, -0.1) is 0 Å². The molecule has 1 amide bonds. The summed E-state index contributed by atoms with van der Waals surface area (Å²) >= 11 is 0. The first-order valence-electron chi connectivity index (χ1n) is 10.9. The highest BCUT2D eigenvalue weighted by Gasteiger charge is 2.42. The fourth-order valence-corrected chi connectivity index (χ4v) is 3.76. The molecule has 1 aliphatic rings. The summed E-state index contributed by atoms with van der Waals surface area (Å²) in [6.07, 6.45) is 0.273. The first kappa shape index (κ1) is 27.2. The van der Waals surface area contributed by atoms with E-state index in [1.54, 1.807) is 41.5 Å². The number of ketones is 1. The van der Waals surface area contributed by atoms with Crippen LogP contribution in [0.1, 0.15) is 81.6 Å². The third kappa shape index (κ3) is 8.67. The van der Waals surface area contributed by atoms with Crippen molar-refractivity contribution in [3.63, 3.8) is 0 Å². The van der Waals surface area contributed by atoms with Gasteiger partial charge in [0.2, 0.25) is 0 Å². The van der Waals surface area contributed by atoms with E-state index in [4.69, 9.17) is 13.9 Å². The fraction of sp³-hybridized carbons (Fsp3) is 0.783. The number of amides is 1. The molecule has 1 atom stereocenters. The topological polar surface area (TPSA) is 90.9 Å². The van der Waals surface area contributed by atoms with Gasteiger partial charge in [-0.25, -0.2) is 9.59 Å². The molecule has 0 aromatic carbocycles. The number of hydrogen-bond acceptors (Lipinski definition) is 6. The minimum absolute atomic E-state index is 0.0555. The first-order valence-corrected chi connectivity index (χ1v) is 13.8. The fourth-order valence-electron chi connectivity index (χ4n) is 2.68. The zero-order chi connectivity index (χ0) is 24.4. The van der Waals surface area contributed by atoms with Gasteiger partial charge in [-0.05, 0) is 71.7 Å². The van der Waals surface area contributed by atoms with E-state index in [0.29, 0.717) is 18.6 Å². The molecule has 0 saturated carbocycles. The summed E-state index contributed by atoms with van der Waals surface area (Å²) in [6.45, 7) is 21.0. The van der Waals surface area contributed by atoms with E-state index in [1.165, 1.54) is 0 Å². The molecule has 31 heavy (non-hydrogen) atoms. The molecule has 0 aromatic rings. The Balaban J connectivity index is 3.19. The quantitative estimate of drug-likeness (QED) is 0.434. The zero-order valence-corrected chi connectivity index (χ0v) is 22.1. The molecule has 0 radical (unpaired) electrons. The van der Waals surface area contributed by atoms with Crippen molar-refractivity contribution in [1.82, 2.24) is 5.32 Å². The van der Waals surface area contributed by atoms with Gasteiger partial charge in [0.1, 0.15) is 23.0 Å². The third-order valence-electron chi connectivity index (χ3n) is 5.22. The largest absolute Gasteiger partial charge is 0.541 e. The number of ether oxygens (including phenoxy) is 2. The van der Waals surface area contributed by atoms with Gasteiger partial charge in [0.05, 0.1) is 0 Å². The van der Waals surface area contributed by atoms with Crippen LogP contribution < -0.4 is 5.32 Å². The molecule has 0 aliphatic heterocycles. The summed E-state index contributed by atoms with van der Waals surface area (Å²) in [5.74, 6) is -0.275. The van der Waals surface area contributed by atoms with Crippen LogP contribution in [0.25, 0.3) is 0 Å². The predicted octanol–water partition coefficient (Wildman–Crippen LogP) is 5.25. The number of esters is 1. The molecule has 178 valence electrons. The highest BCUT2D eigenvalue weighted by Crippen LogP contribution is 2.40. The average Bonchev–Trinajstić information content (AvgIpc) is 2.82. The number of carbonyl (C=O) groups is 3. The predicted molar refractivity (Wildman–Crippen MR) is 123 cm³/mol. The number of allylic oxidation sites excluding steroid dienone is 1. The van der Waals surface area contributed by atoms with Crippen molar-refractivity contribution in [2.45, 2.75) is 117 Å². The Hall–Kier alpha value is -1.83. The van der Waals surface area contributed by atoms with Gasteiger partial charge in [-0.1, -0.05) is 20.8 Å². The molecule has 0 spiro atoms. The minimum atomic E-state index is -2.24. The Morgan fingerprint density at radius 3 is 1.90 bits per heavy atom. The molecule has 0 aromatic heterocycles. The lowest BCUT2D eigenvalue weighted by molar-refractivity contribution is -0.157. The van der Waals surface area contributed by atoms with Crippen LogP contribution in [0.2, 0.25) is 18.1 Å². The molecular formula is C23H41NO6Si. The Bertz CT molecular complexity index is 735. The lowest BCUT2D eigenvalue weighted by Crippen LogP contribution is -2.46. The standard InChI is InChI=1S/C23H41NO6Si/c1-21(2,3)28-19(26)16(24-20(27)29-22(4,5)6)14-15-12-13-17(25)18(15)30-31(10,11)23(7,8)9/h16H,12-14H2,1-11H3,(H,24,27)/t16-/m0/s1. The monoisotopic (exact) mass is 455 g/mol. The van der Waals surface area contributed by atoms with Crippen LogP contribution in [0.15, 0.2) is 11.3 Å². The number of Topliss-reactive ketones (excluding diaryl/α,β-unsaturated/α-hetero) is 1. The van der Waals surface area contributed by atoms with Gasteiger partial charge >= 0.3 is 12.1 Å². The maximum absolute atomic E-state index is 12.8. The van der Waals surface area contributed by atoms with Crippen LogP contribution in [0.4, 0.5) is 4.79 Å². The van der Waals surface area contributed by atoms with E-state index in [9.17, 15) is 14.4 Å². The van der Waals surface area contributed by atoms with E-state index >= 15 is 0 Å². The van der Waals surface area contributed by atoms with Crippen molar-refractivity contribution in [1.29, 1.82) is 0 Å². The average molecular weight is 456 g/mol. The number of hydrogen-bond donors (Lipinski definition) is 1. The van der Waals surface area contributed by atoms with Crippen molar-refractivity contribution in [2.75, 3.05) is 0 Å². The normalized spacial score (nSPS) is 16.8. The van der Waals surface area contributed by atoms with Gasteiger partial charge in [-0.2, -0.15) is 0 Å². The van der Waals surface area contributed by atoms with Gasteiger partial charge in [0.15, 0.2) is 5.78 Å². The van der Waals surface area contributed by atoms with E-state index in [-0.39, 0.29) is 17.2 Å². The highest BCUT2D eigenvalue weighted by atomic mass is 28.4. The Morgan fingerprint density at radius 2 is 1.45 bits per heavy atom. The maximum atomic E-state index is 12.8. The first-order chi connectivity index (χ1) is 13.7. The number of nitrogens with one attached hydrogen (secondary N) is 1. The molecule has 0 bridgehead atoms. The molecule has 0 unspecified atom stereocenters. The van der Waals surface area contributed by atoms with Crippen LogP contribution in [0.3, 0.4) is 0 Å². The van der Waals surface area contributed by atoms with E-state index in [1.807, 2.05) is 0 Å². The Kier molecular flexibility index (Phi) is 8.20. The summed E-state index contributed by atoms with van der Waals surface area (Å²) in [6, 6.07) is -0.979. The number of rotatable bonds is 6. The van der Waals surface area contributed by atoms with Crippen LogP contribution in [0, 0.1) is 0 Å². The maximum Gasteiger partial charge on any atom is 0.408 e. The van der Waals surface area contributed by atoms with Gasteiger partial charge in [0, 0.05) is 12.8 Å². The SMILES string of the molecule is CC(C)(C)OC(=O)N[C@@H](CC1=C(O[Si](C)(C)C(C)(C)C)C(=O)CC1)C(=O)OC(C)(C)C.